The highest BCUT2D eigenvalue weighted by molar-refractivity contribution is 7.15. The first-order valence-electron chi connectivity index (χ1n) is 5.58. The third-order valence-electron chi connectivity index (χ3n) is 2.39. The molecule has 0 aliphatic carbocycles. The zero-order valence-electron chi connectivity index (χ0n) is 10.1. The van der Waals surface area contributed by atoms with Crippen LogP contribution in [0.2, 0.25) is 0 Å². The number of carbonyl (C=O) groups excluding carboxylic acids is 1. The summed E-state index contributed by atoms with van der Waals surface area (Å²) in [6, 6.07) is 6.02. The van der Waals surface area contributed by atoms with E-state index in [-0.39, 0.29) is 11.1 Å². The SMILES string of the molecule is CCc1nnc(NC(=O)c2ccccc2C(=O)O)s1. The summed E-state index contributed by atoms with van der Waals surface area (Å²) in [4.78, 5) is 23.0. The number of nitrogens with zero attached hydrogens (tertiary/aromatic N) is 2. The Hall–Kier alpha value is -2.28. The minimum absolute atomic E-state index is 0.0415. The van der Waals surface area contributed by atoms with E-state index < -0.39 is 11.9 Å². The van der Waals surface area contributed by atoms with E-state index in [2.05, 4.69) is 15.5 Å². The maximum Gasteiger partial charge on any atom is 0.336 e. The van der Waals surface area contributed by atoms with Gasteiger partial charge in [-0.15, -0.1) is 10.2 Å². The van der Waals surface area contributed by atoms with Crippen LogP contribution in [0.25, 0.3) is 0 Å². The molecule has 1 aromatic carbocycles. The van der Waals surface area contributed by atoms with Gasteiger partial charge in [0.25, 0.3) is 5.91 Å². The van der Waals surface area contributed by atoms with Gasteiger partial charge in [0.15, 0.2) is 0 Å². The van der Waals surface area contributed by atoms with E-state index in [1.165, 1.54) is 23.5 Å². The summed E-state index contributed by atoms with van der Waals surface area (Å²) >= 11 is 1.27. The molecule has 0 fully saturated rings. The highest BCUT2D eigenvalue weighted by Crippen LogP contribution is 2.17. The molecule has 19 heavy (non-hydrogen) atoms. The molecule has 1 aromatic heterocycles. The predicted molar refractivity (Wildman–Crippen MR) is 70.6 cm³/mol. The number of carboxylic acid groups (broad SMARTS) is 1. The number of anilines is 1. The molecule has 2 aromatic rings. The van der Waals surface area contributed by atoms with Crippen molar-refractivity contribution in [3.8, 4) is 0 Å². The molecule has 1 amide bonds. The monoisotopic (exact) mass is 277 g/mol. The van der Waals surface area contributed by atoms with Crippen LogP contribution in [0.15, 0.2) is 24.3 Å². The van der Waals surface area contributed by atoms with E-state index in [9.17, 15) is 9.59 Å². The molecule has 0 bridgehead atoms. The van der Waals surface area contributed by atoms with Gasteiger partial charge >= 0.3 is 5.97 Å². The van der Waals surface area contributed by atoms with Gasteiger partial charge in [-0.05, 0) is 18.6 Å². The van der Waals surface area contributed by atoms with Crippen LogP contribution in [0.5, 0.6) is 0 Å². The minimum Gasteiger partial charge on any atom is -0.478 e. The smallest absolute Gasteiger partial charge is 0.336 e. The number of hydrogen-bond donors (Lipinski definition) is 2. The van der Waals surface area contributed by atoms with Gasteiger partial charge in [0.05, 0.1) is 11.1 Å². The molecule has 0 spiro atoms. The lowest BCUT2D eigenvalue weighted by molar-refractivity contribution is 0.0692. The molecule has 0 unspecified atom stereocenters. The van der Waals surface area contributed by atoms with Gasteiger partial charge in [-0.1, -0.05) is 30.4 Å². The maximum absolute atomic E-state index is 12.0. The van der Waals surface area contributed by atoms with E-state index in [0.717, 1.165) is 11.4 Å². The average molecular weight is 277 g/mol. The van der Waals surface area contributed by atoms with Gasteiger partial charge < -0.3 is 5.11 Å². The molecule has 0 radical (unpaired) electrons. The van der Waals surface area contributed by atoms with Crippen molar-refractivity contribution < 1.29 is 14.7 Å². The van der Waals surface area contributed by atoms with Gasteiger partial charge in [-0.25, -0.2) is 4.79 Å². The number of carbonyl (C=O) groups is 2. The summed E-state index contributed by atoms with van der Waals surface area (Å²) < 4.78 is 0. The van der Waals surface area contributed by atoms with E-state index in [0.29, 0.717) is 5.13 Å². The first kappa shape index (κ1) is 13.2. The summed E-state index contributed by atoms with van der Waals surface area (Å²) in [7, 11) is 0. The lowest BCUT2D eigenvalue weighted by Crippen LogP contribution is -2.16. The van der Waals surface area contributed by atoms with E-state index in [4.69, 9.17) is 5.11 Å². The molecule has 6 nitrogen and oxygen atoms in total. The third kappa shape index (κ3) is 2.94. The molecule has 0 saturated heterocycles. The van der Waals surface area contributed by atoms with Crippen molar-refractivity contribution in [3.63, 3.8) is 0 Å². The second-order valence-corrected chi connectivity index (χ2v) is 4.72. The van der Waals surface area contributed by atoms with E-state index >= 15 is 0 Å². The van der Waals surface area contributed by atoms with Crippen molar-refractivity contribution >= 4 is 28.3 Å². The van der Waals surface area contributed by atoms with Crippen molar-refractivity contribution in [1.82, 2.24) is 10.2 Å². The van der Waals surface area contributed by atoms with E-state index in [1.54, 1.807) is 12.1 Å². The van der Waals surface area contributed by atoms with Gasteiger partial charge in [0.2, 0.25) is 5.13 Å². The minimum atomic E-state index is -1.14. The van der Waals surface area contributed by atoms with Gasteiger partial charge in [0, 0.05) is 0 Å². The number of aryl methyl sites for hydroxylation is 1. The summed E-state index contributed by atoms with van der Waals surface area (Å²) in [5.41, 5.74) is 0.0588. The summed E-state index contributed by atoms with van der Waals surface area (Å²) in [6.07, 6.45) is 0.735. The van der Waals surface area contributed by atoms with E-state index in [1.807, 2.05) is 6.92 Å². The molecule has 2 N–H and O–H groups in total. The topological polar surface area (TPSA) is 92.2 Å². The molecule has 0 aliphatic rings. The lowest BCUT2D eigenvalue weighted by atomic mass is 10.1. The molecule has 98 valence electrons. The number of carboxylic acids is 1. The fourth-order valence-corrected chi connectivity index (χ4v) is 2.15. The van der Waals surface area contributed by atoms with Crippen molar-refractivity contribution in [2.45, 2.75) is 13.3 Å². The van der Waals surface area contributed by atoms with Gasteiger partial charge in [-0.3, -0.25) is 10.1 Å². The fourth-order valence-electron chi connectivity index (χ4n) is 1.48. The first-order valence-corrected chi connectivity index (χ1v) is 6.39. The van der Waals surface area contributed by atoms with Crippen LogP contribution in [0.4, 0.5) is 5.13 Å². The van der Waals surface area contributed by atoms with Gasteiger partial charge in [0.1, 0.15) is 5.01 Å². The van der Waals surface area contributed by atoms with Crippen LogP contribution in [0.3, 0.4) is 0 Å². The highest BCUT2D eigenvalue weighted by atomic mass is 32.1. The van der Waals surface area contributed by atoms with Gasteiger partial charge in [-0.2, -0.15) is 0 Å². The number of amides is 1. The first-order chi connectivity index (χ1) is 9.11. The number of rotatable bonds is 4. The number of nitrogens with one attached hydrogen (secondary N) is 1. The molecule has 2 rings (SSSR count). The maximum atomic E-state index is 12.0. The van der Waals surface area contributed by atoms with Crippen molar-refractivity contribution in [3.05, 3.63) is 40.4 Å². The van der Waals surface area contributed by atoms with Crippen LogP contribution in [-0.4, -0.2) is 27.2 Å². The Balaban J connectivity index is 2.22. The van der Waals surface area contributed by atoms with Crippen molar-refractivity contribution in [2.24, 2.45) is 0 Å². The zero-order valence-corrected chi connectivity index (χ0v) is 10.9. The Labute approximate surface area is 113 Å². The second kappa shape index (κ2) is 5.57. The Morgan fingerprint density at radius 1 is 1.26 bits per heavy atom. The molecule has 0 aliphatic heterocycles. The average Bonchev–Trinajstić information content (AvgIpc) is 2.86. The summed E-state index contributed by atoms with van der Waals surface area (Å²) in [5, 5.41) is 20.4. The number of aromatic nitrogens is 2. The van der Waals surface area contributed by atoms with Crippen molar-refractivity contribution in [1.29, 1.82) is 0 Å². The summed E-state index contributed by atoms with van der Waals surface area (Å²) in [6.45, 7) is 1.94. The molecule has 0 atom stereocenters. The quantitative estimate of drug-likeness (QED) is 0.892. The van der Waals surface area contributed by atoms with Crippen LogP contribution >= 0.6 is 11.3 Å². The normalized spacial score (nSPS) is 10.2. The van der Waals surface area contributed by atoms with Crippen LogP contribution in [0.1, 0.15) is 32.6 Å². The Bertz CT molecular complexity index is 624. The number of hydrogen-bond acceptors (Lipinski definition) is 5. The molecular formula is C12H11N3O3S. The lowest BCUT2D eigenvalue weighted by Gasteiger charge is -2.04. The number of aromatic carboxylic acids is 1. The largest absolute Gasteiger partial charge is 0.478 e. The predicted octanol–water partition coefficient (Wildman–Crippen LogP) is 2.05. The molecule has 0 saturated carbocycles. The molecule has 7 heteroatoms. The Morgan fingerprint density at radius 2 is 1.95 bits per heavy atom. The van der Waals surface area contributed by atoms with Crippen LogP contribution < -0.4 is 5.32 Å². The zero-order chi connectivity index (χ0) is 13.8. The number of benzene rings is 1. The van der Waals surface area contributed by atoms with Crippen LogP contribution in [0, 0.1) is 0 Å². The third-order valence-corrected chi connectivity index (χ3v) is 3.37. The molecular weight excluding hydrogens is 266 g/mol. The Kier molecular flexibility index (Phi) is 3.86. The summed E-state index contributed by atoms with van der Waals surface area (Å²) in [5.74, 6) is -1.64. The fraction of sp³-hybridized carbons (Fsp3) is 0.167. The Morgan fingerprint density at radius 3 is 2.53 bits per heavy atom. The second-order valence-electron chi connectivity index (χ2n) is 3.66. The highest BCUT2D eigenvalue weighted by Gasteiger charge is 2.17. The standard InChI is InChI=1S/C12H11N3O3S/c1-2-9-14-15-12(19-9)13-10(16)7-5-3-4-6-8(7)11(17)18/h3-6H,2H2,1H3,(H,17,18)(H,13,15,16). The van der Waals surface area contributed by atoms with Crippen molar-refractivity contribution in [2.75, 3.05) is 5.32 Å². The van der Waals surface area contributed by atoms with Crippen LogP contribution in [-0.2, 0) is 6.42 Å². The molecule has 1 heterocycles.